The number of piperidine rings is 1. The minimum Gasteiger partial charge on any atom is -0.356 e. The molecule has 0 spiro atoms. The number of benzene rings is 2. The molecule has 2 aromatic carbocycles. The van der Waals surface area contributed by atoms with E-state index >= 15 is 0 Å². The van der Waals surface area contributed by atoms with E-state index in [1.54, 1.807) is 0 Å². The van der Waals surface area contributed by atoms with Crippen LogP contribution in [-0.2, 0) is 0 Å². The second-order valence-electron chi connectivity index (χ2n) is 7.79. The second kappa shape index (κ2) is 10.9. The third kappa shape index (κ3) is 6.10. The molecule has 4 heteroatoms. The topological polar surface area (TPSA) is 39.7 Å². The number of hydrogen-bond acceptors (Lipinski definition) is 2. The average Bonchev–Trinajstić information content (AvgIpc) is 2.75. The number of hydrogen-bond donors (Lipinski definition) is 2. The molecule has 0 unspecified atom stereocenters. The van der Waals surface area contributed by atoms with Crippen LogP contribution in [0.3, 0.4) is 0 Å². The fourth-order valence-corrected chi connectivity index (χ4v) is 3.96. The highest BCUT2D eigenvalue weighted by molar-refractivity contribution is 5.79. The number of nitrogens with zero attached hydrogens (tertiary/aromatic N) is 2. The van der Waals surface area contributed by atoms with E-state index in [9.17, 15) is 0 Å². The molecule has 2 N–H and O–H groups in total. The van der Waals surface area contributed by atoms with Gasteiger partial charge in [-0.25, -0.2) is 0 Å². The van der Waals surface area contributed by atoms with Gasteiger partial charge in [-0.05, 0) is 56.4 Å². The van der Waals surface area contributed by atoms with Crippen LogP contribution in [0.1, 0.15) is 36.3 Å². The molecule has 0 saturated carbocycles. The molecule has 3 rings (SSSR count). The van der Waals surface area contributed by atoms with Gasteiger partial charge in [-0.2, -0.15) is 0 Å². The summed E-state index contributed by atoms with van der Waals surface area (Å²) in [6, 6.07) is 21.4. The standard InChI is InChI=1S/C24H34N4/c1-25-24(26-16-13-20-14-17-28(2)18-15-20)27-19-23(21-9-5-3-6-10-21)22-11-7-4-8-12-22/h3-12,20,23H,13-19H2,1-2H3,(H2,25,26,27). The summed E-state index contributed by atoms with van der Waals surface area (Å²) >= 11 is 0. The first-order valence-corrected chi connectivity index (χ1v) is 10.5. The van der Waals surface area contributed by atoms with Gasteiger partial charge < -0.3 is 15.5 Å². The van der Waals surface area contributed by atoms with E-state index < -0.39 is 0 Å². The van der Waals surface area contributed by atoms with E-state index in [4.69, 9.17) is 0 Å². The summed E-state index contributed by atoms with van der Waals surface area (Å²) in [5.74, 6) is 2.03. The second-order valence-corrected chi connectivity index (χ2v) is 7.79. The molecule has 4 nitrogen and oxygen atoms in total. The summed E-state index contributed by atoms with van der Waals surface area (Å²) in [5.41, 5.74) is 2.64. The van der Waals surface area contributed by atoms with Gasteiger partial charge in [0.05, 0.1) is 0 Å². The van der Waals surface area contributed by atoms with Crippen LogP contribution in [0.25, 0.3) is 0 Å². The fraction of sp³-hybridized carbons (Fsp3) is 0.458. The third-order valence-electron chi connectivity index (χ3n) is 5.78. The quantitative estimate of drug-likeness (QED) is 0.570. The Hall–Kier alpha value is -2.33. The van der Waals surface area contributed by atoms with Crippen LogP contribution in [0.5, 0.6) is 0 Å². The van der Waals surface area contributed by atoms with Crippen LogP contribution >= 0.6 is 0 Å². The third-order valence-corrected chi connectivity index (χ3v) is 5.78. The monoisotopic (exact) mass is 378 g/mol. The van der Waals surface area contributed by atoms with Crippen molar-refractivity contribution in [1.82, 2.24) is 15.5 Å². The Morgan fingerprint density at radius 1 is 0.964 bits per heavy atom. The van der Waals surface area contributed by atoms with Crippen LogP contribution in [0.4, 0.5) is 0 Å². The van der Waals surface area contributed by atoms with E-state index in [1.807, 2.05) is 7.05 Å². The predicted octanol–water partition coefficient (Wildman–Crippen LogP) is 3.72. The minimum atomic E-state index is 0.301. The van der Waals surface area contributed by atoms with E-state index in [1.165, 1.54) is 43.5 Å². The van der Waals surface area contributed by atoms with Crippen LogP contribution in [-0.4, -0.2) is 51.1 Å². The van der Waals surface area contributed by atoms with Crippen molar-refractivity contribution < 1.29 is 0 Å². The first-order valence-electron chi connectivity index (χ1n) is 10.5. The Balaban J connectivity index is 1.53. The van der Waals surface area contributed by atoms with Gasteiger partial charge in [0, 0.05) is 26.1 Å². The van der Waals surface area contributed by atoms with E-state index in [0.717, 1.165) is 25.0 Å². The van der Waals surface area contributed by atoms with Crippen molar-refractivity contribution in [2.75, 3.05) is 40.3 Å². The van der Waals surface area contributed by atoms with Crippen molar-refractivity contribution in [1.29, 1.82) is 0 Å². The van der Waals surface area contributed by atoms with Crippen molar-refractivity contribution in [3.8, 4) is 0 Å². The lowest BCUT2D eigenvalue weighted by atomic mass is 9.91. The maximum Gasteiger partial charge on any atom is 0.191 e. The highest BCUT2D eigenvalue weighted by Crippen LogP contribution is 2.23. The maximum absolute atomic E-state index is 4.43. The molecule has 1 heterocycles. The Kier molecular flexibility index (Phi) is 7.92. The Bertz CT molecular complexity index is 666. The molecule has 0 radical (unpaired) electrons. The van der Waals surface area contributed by atoms with Crippen molar-refractivity contribution >= 4 is 5.96 Å². The summed E-state index contributed by atoms with van der Waals surface area (Å²) in [4.78, 5) is 6.86. The zero-order valence-corrected chi connectivity index (χ0v) is 17.3. The molecule has 1 aliphatic heterocycles. The van der Waals surface area contributed by atoms with Crippen molar-refractivity contribution in [3.05, 3.63) is 71.8 Å². The molecule has 0 aliphatic carbocycles. The van der Waals surface area contributed by atoms with Crippen LogP contribution in [0, 0.1) is 5.92 Å². The summed E-state index contributed by atoms with van der Waals surface area (Å²) < 4.78 is 0. The van der Waals surface area contributed by atoms with Gasteiger partial charge in [-0.15, -0.1) is 0 Å². The number of aliphatic imine (C=N–C) groups is 1. The van der Waals surface area contributed by atoms with Gasteiger partial charge in [0.15, 0.2) is 5.96 Å². The predicted molar refractivity (Wildman–Crippen MR) is 119 cm³/mol. The molecule has 1 aliphatic rings. The van der Waals surface area contributed by atoms with Gasteiger partial charge in [-0.1, -0.05) is 60.7 Å². The summed E-state index contributed by atoms with van der Waals surface area (Å²) in [5, 5.41) is 7.05. The van der Waals surface area contributed by atoms with Crippen LogP contribution in [0.15, 0.2) is 65.7 Å². The van der Waals surface area contributed by atoms with Gasteiger partial charge in [0.2, 0.25) is 0 Å². The molecule has 2 aromatic rings. The lowest BCUT2D eigenvalue weighted by molar-refractivity contribution is 0.213. The van der Waals surface area contributed by atoms with Crippen LogP contribution in [0.2, 0.25) is 0 Å². The largest absolute Gasteiger partial charge is 0.356 e. The molecule has 150 valence electrons. The Labute approximate surface area is 170 Å². The molecule has 0 aromatic heterocycles. The molecule has 1 fully saturated rings. The van der Waals surface area contributed by atoms with Gasteiger partial charge in [0.25, 0.3) is 0 Å². The smallest absolute Gasteiger partial charge is 0.191 e. The summed E-state index contributed by atoms with van der Waals surface area (Å²) in [6.45, 7) is 4.26. The molecular weight excluding hydrogens is 344 g/mol. The number of likely N-dealkylation sites (tertiary alicyclic amines) is 1. The van der Waals surface area contributed by atoms with Gasteiger partial charge >= 0.3 is 0 Å². The Morgan fingerprint density at radius 2 is 1.54 bits per heavy atom. The molecule has 0 amide bonds. The lowest BCUT2D eigenvalue weighted by Gasteiger charge is -2.29. The normalized spacial score (nSPS) is 16.3. The maximum atomic E-state index is 4.43. The van der Waals surface area contributed by atoms with Crippen molar-refractivity contribution in [2.24, 2.45) is 10.9 Å². The average molecular weight is 379 g/mol. The Morgan fingerprint density at radius 3 is 2.07 bits per heavy atom. The van der Waals surface area contributed by atoms with Gasteiger partial charge in [-0.3, -0.25) is 4.99 Å². The number of guanidine groups is 1. The minimum absolute atomic E-state index is 0.301. The molecule has 0 bridgehead atoms. The fourth-order valence-electron chi connectivity index (χ4n) is 3.96. The zero-order valence-electron chi connectivity index (χ0n) is 17.3. The van der Waals surface area contributed by atoms with Crippen molar-refractivity contribution in [3.63, 3.8) is 0 Å². The molecular formula is C24H34N4. The zero-order chi connectivity index (χ0) is 19.6. The molecule has 0 atom stereocenters. The molecule has 28 heavy (non-hydrogen) atoms. The van der Waals surface area contributed by atoms with E-state index in [2.05, 4.69) is 88.2 Å². The van der Waals surface area contributed by atoms with Crippen LogP contribution < -0.4 is 10.6 Å². The highest BCUT2D eigenvalue weighted by atomic mass is 15.2. The first-order chi connectivity index (χ1) is 13.8. The van der Waals surface area contributed by atoms with E-state index in [0.29, 0.717) is 5.92 Å². The first kappa shape index (κ1) is 20.4. The molecule has 1 saturated heterocycles. The van der Waals surface area contributed by atoms with Crippen molar-refractivity contribution in [2.45, 2.75) is 25.2 Å². The number of rotatable bonds is 7. The van der Waals surface area contributed by atoms with Gasteiger partial charge in [0.1, 0.15) is 0 Å². The summed E-state index contributed by atoms with van der Waals surface area (Å²) in [7, 11) is 4.07. The number of nitrogens with one attached hydrogen (secondary N) is 2. The lowest BCUT2D eigenvalue weighted by Crippen LogP contribution is -2.40. The van der Waals surface area contributed by atoms with E-state index in [-0.39, 0.29) is 0 Å². The SMILES string of the molecule is CN=C(NCCC1CCN(C)CC1)NCC(c1ccccc1)c1ccccc1. The summed E-state index contributed by atoms with van der Waals surface area (Å²) in [6.07, 6.45) is 3.85. The highest BCUT2D eigenvalue weighted by Gasteiger charge is 2.17.